The number of nitrogens with zero attached hydrogens (tertiary/aromatic N) is 2. The van der Waals surface area contributed by atoms with Gasteiger partial charge in [-0.05, 0) is 29.7 Å². The van der Waals surface area contributed by atoms with Gasteiger partial charge in [0.05, 0.1) is 5.69 Å². The van der Waals surface area contributed by atoms with Crippen molar-refractivity contribution in [2.24, 2.45) is 5.92 Å². The molecule has 1 aromatic heterocycles. The zero-order chi connectivity index (χ0) is 20.1. The molecular formula is C22H24ClN3OS. The van der Waals surface area contributed by atoms with Crippen LogP contribution >= 0.6 is 22.9 Å². The summed E-state index contributed by atoms with van der Waals surface area (Å²) in [6.45, 7) is 5.55. The lowest BCUT2D eigenvalue weighted by atomic mass is 10.1. The molecule has 0 aliphatic rings. The van der Waals surface area contributed by atoms with Crippen molar-refractivity contribution >= 4 is 34.0 Å². The van der Waals surface area contributed by atoms with Gasteiger partial charge in [0.1, 0.15) is 0 Å². The van der Waals surface area contributed by atoms with Crippen LogP contribution in [0.15, 0.2) is 53.9 Å². The fourth-order valence-corrected chi connectivity index (χ4v) is 3.76. The Morgan fingerprint density at radius 1 is 1.18 bits per heavy atom. The highest BCUT2D eigenvalue weighted by Crippen LogP contribution is 2.31. The summed E-state index contributed by atoms with van der Waals surface area (Å²) in [5, 5.41) is 6.59. The average molecular weight is 414 g/mol. The Balaban J connectivity index is 1.64. The topological polar surface area (TPSA) is 45.2 Å². The van der Waals surface area contributed by atoms with E-state index in [1.807, 2.05) is 61.0 Å². The molecule has 146 valence electrons. The van der Waals surface area contributed by atoms with E-state index in [-0.39, 0.29) is 5.91 Å². The molecule has 0 atom stereocenters. The number of carbonyl (C=O) groups is 1. The monoisotopic (exact) mass is 413 g/mol. The van der Waals surface area contributed by atoms with Crippen LogP contribution in [0, 0.1) is 5.92 Å². The van der Waals surface area contributed by atoms with Crippen LogP contribution in [-0.2, 0) is 6.54 Å². The van der Waals surface area contributed by atoms with Crippen LogP contribution in [0.5, 0.6) is 0 Å². The summed E-state index contributed by atoms with van der Waals surface area (Å²) in [6.07, 6.45) is 0. The minimum absolute atomic E-state index is 0.0297. The first-order chi connectivity index (χ1) is 13.4. The normalized spacial score (nSPS) is 10.9. The third kappa shape index (κ3) is 5.12. The number of hydrogen-bond acceptors (Lipinski definition) is 4. The highest BCUT2D eigenvalue weighted by molar-refractivity contribution is 7.14. The van der Waals surface area contributed by atoms with E-state index < -0.39 is 0 Å². The van der Waals surface area contributed by atoms with Crippen molar-refractivity contribution in [2.45, 2.75) is 20.4 Å². The minimum atomic E-state index is -0.0297. The van der Waals surface area contributed by atoms with Crippen LogP contribution in [-0.4, -0.2) is 24.5 Å². The molecule has 0 saturated heterocycles. The lowest BCUT2D eigenvalue weighted by Gasteiger charge is -2.16. The molecule has 0 aliphatic heterocycles. The molecule has 0 aliphatic carbocycles. The van der Waals surface area contributed by atoms with Gasteiger partial charge in [-0.1, -0.05) is 55.8 Å². The van der Waals surface area contributed by atoms with Crippen LogP contribution in [0.2, 0.25) is 5.02 Å². The number of nitrogens with one attached hydrogen (secondary N) is 1. The van der Waals surface area contributed by atoms with E-state index in [9.17, 15) is 4.79 Å². The molecular weight excluding hydrogens is 390 g/mol. The van der Waals surface area contributed by atoms with Crippen molar-refractivity contribution in [2.75, 3.05) is 18.5 Å². The molecule has 0 fully saturated rings. The number of rotatable bonds is 7. The van der Waals surface area contributed by atoms with Crippen molar-refractivity contribution in [3.63, 3.8) is 0 Å². The molecule has 3 rings (SSSR count). The van der Waals surface area contributed by atoms with E-state index in [4.69, 9.17) is 16.6 Å². The number of thiazole rings is 1. The number of carbonyl (C=O) groups excluding carboxylic acids is 1. The van der Waals surface area contributed by atoms with Crippen LogP contribution in [0.25, 0.3) is 11.3 Å². The lowest BCUT2D eigenvalue weighted by molar-refractivity contribution is 0.0949. The van der Waals surface area contributed by atoms with E-state index in [0.717, 1.165) is 22.0 Å². The van der Waals surface area contributed by atoms with Crippen LogP contribution in [0.4, 0.5) is 5.13 Å². The van der Waals surface area contributed by atoms with Gasteiger partial charge in [-0.15, -0.1) is 11.3 Å². The molecule has 3 aromatic rings. The van der Waals surface area contributed by atoms with E-state index in [1.165, 1.54) is 0 Å². The van der Waals surface area contributed by atoms with Crippen molar-refractivity contribution in [1.29, 1.82) is 0 Å². The zero-order valence-corrected chi connectivity index (χ0v) is 17.8. The van der Waals surface area contributed by atoms with E-state index in [1.54, 1.807) is 11.3 Å². The number of halogens is 1. The van der Waals surface area contributed by atoms with Crippen molar-refractivity contribution in [3.05, 3.63) is 70.1 Å². The zero-order valence-electron chi connectivity index (χ0n) is 16.3. The highest BCUT2D eigenvalue weighted by Gasteiger charge is 2.12. The fraction of sp³-hybridized carbons (Fsp3) is 0.273. The van der Waals surface area contributed by atoms with Gasteiger partial charge in [-0.3, -0.25) is 4.79 Å². The fourth-order valence-electron chi connectivity index (χ4n) is 2.73. The SMILES string of the molecule is CC(C)CNC(=O)c1ccc(CN(C)c2nc(-c3ccccc3Cl)cs2)cc1. The molecule has 1 amide bonds. The Labute approximate surface area is 175 Å². The highest BCUT2D eigenvalue weighted by atomic mass is 35.5. The van der Waals surface area contributed by atoms with Crippen molar-refractivity contribution < 1.29 is 4.79 Å². The van der Waals surface area contributed by atoms with Crippen LogP contribution < -0.4 is 10.2 Å². The summed E-state index contributed by atoms with van der Waals surface area (Å²) in [5.74, 6) is 0.406. The predicted molar refractivity (Wildman–Crippen MR) is 118 cm³/mol. The quantitative estimate of drug-likeness (QED) is 0.557. The molecule has 0 spiro atoms. The summed E-state index contributed by atoms with van der Waals surface area (Å²) < 4.78 is 0. The Bertz CT molecular complexity index is 937. The number of amides is 1. The first-order valence-electron chi connectivity index (χ1n) is 9.22. The summed E-state index contributed by atoms with van der Waals surface area (Å²) >= 11 is 7.87. The third-order valence-corrected chi connectivity index (χ3v) is 5.56. The second-order valence-electron chi connectivity index (χ2n) is 7.15. The molecule has 1 heterocycles. The van der Waals surface area contributed by atoms with Gasteiger partial charge in [-0.25, -0.2) is 4.98 Å². The van der Waals surface area contributed by atoms with Gasteiger partial charge in [0.25, 0.3) is 5.91 Å². The summed E-state index contributed by atoms with van der Waals surface area (Å²) in [6, 6.07) is 15.4. The molecule has 6 heteroatoms. The number of anilines is 1. The summed E-state index contributed by atoms with van der Waals surface area (Å²) in [7, 11) is 2.01. The number of hydrogen-bond donors (Lipinski definition) is 1. The first-order valence-corrected chi connectivity index (χ1v) is 10.5. The molecule has 2 aromatic carbocycles. The smallest absolute Gasteiger partial charge is 0.251 e. The maximum absolute atomic E-state index is 12.1. The van der Waals surface area contributed by atoms with Crippen LogP contribution in [0.3, 0.4) is 0 Å². The molecule has 0 radical (unpaired) electrons. The molecule has 28 heavy (non-hydrogen) atoms. The minimum Gasteiger partial charge on any atom is -0.352 e. The average Bonchev–Trinajstić information content (AvgIpc) is 3.17. The largest absolute Gasteiger partial charge is 0.352 e. The Hall–Kier alpha value is -2.37. The lowest BCUT2D eigenvalue weighted by Crippen LogP contribution is -2.27. The van der Waals surface area contributed by atoms with Gasteiger partial charge in [-0.2, -0.15) is 0 Å². The first kappa shape index (κ1) is 20.4. The second kappa shape index (κ2) is 9.22. The number of benzene rings is 2. The second-order valence-corrected chi connectivity index (χ2v) is 8.40. The Morgan fingerprint density at radius 3 is 2.57 bits per heavy atom. The number of aromatic nitrogens is 1. The van der Waals surface area contributed by atoms with E-state index in [2.05, 4.69) is 24.1 Å². The Morgan fingerprint density at radius 2 is 1.89 bits per heavy atom. The summed E-state index contributed by atoms with van der Waals surface area (Å²) in [4.78, 5) is 18.9. The molecule has 0 bridgehead atoms. The van der Waals surface area contributed by atoms with Gasteiger partial charge in [0, 0.05) is 41.7 Å². The van der Waals surface area contributed by atoms with E-state index >= 15 is 0 Å². The molecule has 1 N–H and O–H groups in total. The van der Waals surface area contributed by atoms with Crippen molar-refractivity contribution in [3.8, 4) is 11.3 Å². The van der Waals surface area contributed by atoms with Gasteiger partial charge in [0.2, 0.25) is 0 Å². The molecule has 4 nitrogen and oxygen atoms in total. The Kier molecular flexibility index (Phi) is 6.70. The molecule has 0 unspecified atom stereocenters. The van der Waals surface area contributed by atoms with Crippen molar-refractivity contribution in [1.82, 2.24) is 10.3 Å². The van der Waals surface area contributed by atoms with Gasteiger partial charge < -0.3 is 10.2 Å². The van der Waals surface area contributed by atoms with Gasteiger partial charge >= 0.3 is 0 Å². The standard InChI is InChI=1S/C22H24ClN3OS/c1-15(2)12-24-21(27)17-10-8-16(9-11-17)13-26(3)22-25-20(14-28-22)18-6-4-5-7-19(18)23/h4-11,14-15H,12-13H2,1-3H3,(H,24,27). The third-order valence-electron chi connectivity index (χ3n) is 4.28. The summed E-state index contributed by atoms with van der Waals surface area (Å²) in [5.41, 5.74) is 3.63. The predicted octanol–water partition coefficient (Wildman–Crippen LogP) is 5.49. The van der Waals surface area contributed by atoms with Gasteiger partial charge in [0.15, 0.2) is 5.13 Å². The van der Waals surface area contributed by atoms with Crippen LogP contribution in [0.1, 0.15) is 29.8 Å². The maximum Gasteiger partial charge on any atom is 0.251 e. The maximum atomic E-state index is 12.1. The molecule has 0 saturated carbocycles. The van der Waals surface area contributed by atoms with E-state index in [0.29, 0.717) is 29.6 Å².